The van der Waals surface area contributed by atoms with Gasteiger partial charge in [-0.05, 0) is 36.6 Å². The Kier molecular flexibility index (Phi) is 4.17. The van der Waals surface area contributed by atoms with E-state index in [1.807, 2.05) is 0 Å². The van der Waals surface area contributed by atoms with Crippen LogP contribution in [0.15, 0.2) is 22.7 Å². The van der Waals surface area contributed by atoms with Crippen molar-refractivity contribution >= 4 is 21.7 Å². The molecule has 0 aromatic heterocycles. The predicted octanol–water partition coefficient (Wildman–Crippen LogP) is 3.22. The first-order valence-corrected chi connectivity index (χ1v) is 7.04. The van der Waals surface area contributed by atoms with Crippen molar-refractivity contribution in [2.75, 3.05) is 6.54 Å². The van der Waals surface area contributed by atoms with Crippen molar-refractivity contribution in [1.29, 1.82) is 0 Å². The fourth-order valence-corrected chi connectivity index (χ4v) is 3.07. The molecule has 1 aromatic rings. The van der Waals surface area contributed by atoms with Crippen molar-refractivity contribution in [3.05, 3.63) is 34.1 Å². The number of carbonyl (C=O) groups excluding carboxylic acids is 1. The summed E-state index contributed by atoms with van der Waals surface area (Å²) in [5, 5.41) is 0. The minimum Gasteiger partial charge on any atom is -0.329 e. The molecule has 0 bridgehead atoms. The van der Waals surface area contributed by atoms with Gasteiger partial charge in [-0.3, -0.25) is 4.79 Å². The number of Topliss-reactive ketones (excluding diaryl/α,β-unsaturated/α-hetero) is 1. The smallest absolute Gasteiger partial charge is 0.144 e. The van der Waals surface area contributed by atoms with Crippen LogP contribution in [0.25, 0.3) is 0 Å². The number of carbonyl (C=O) groups is 1. The molecular weight excluding hydrogens is 297 g/mol. The van der Waals surface area contributed by atoms with Gasteiger partial charge in [-0.25, -0.2) is 4.39 Å². The lowest BCUT2D eigenvalue weighted by molar-refractivity contribution is -0.127. The highest BCUT2D eigenvalue weighted by Crippen LogP contribution is 2.39. The third-order valence-corrected chi connectivity index (χ3v) is 4.68. The molecule has 0 radical (unpaired) electrons. The summed E-state index contributed by atoms with van der Waals surface area (Å²) < 4.78 is 14.0. The maximum absolute atomic E-state index is 13.2. The summed E-state index contributed by atoms with van der Waals surface area (Å²) in [4.78, 5) is 12.4. The van der Waals surface area contributed by atoms with Gasteiger partial charge in [0, 0.05) is 22.9 Å². The molecule has 1 aromatic carbocycles. The van der Waals surface area contributed by atoms with E-state index < -0.39 is 0 Å². The molecule has 0 saturated heterocycles. The summed E-state index contributed by atoms with van der Waals surface area (Å²) >= 11 is 3.36. The lowest BCUT2D eigenvalue weighted by atomic mass is 9.79. The number of benzene rings is 1. The highest BCUT2D eigenvalue weighted by molar-refractivity contribution is 9.10. The van der Waals surface area contributed by atoms with E-state index in [0.717, 1.165) is 30.2 Å². The molecule has 18 heavy (non-hydrogen) atoms. The third-order valence-electron chi connectivity index (χ3n) is 3.90. The van der Waals surface area contributed by atoms with E-state index in [-0.39, 0.29) is 23.4 Å². The van der Waals surface area contributed by atoms with Crippen LogP contribution in [0.4, 0.5) is 4.39 Å². The minimum absolute atomic E-state index is 0.147. The lowest BCUT2D eigenvalue weighted by Crippen LogP contribution is -2.37. The van der Waals surface area contributed by atoms with Crippen LogP contribution in [-0.2, 0) is 11.2 Å². The fourth-order valence-electron chi connectivity index (χ4n) is 2.69. The van der Waals surface area contributed by atoms with Gasteiger partial charge in [0.05, 0.1) is 0 Å². The molecule has 0 unspecified atom stereocenters. The molecule has 1 saturated carbocycles. The topological polar surface area (TPSA) is 43.1 Å². The van der Waals surface area contributed by atoms with E-state index >= 15 is 0 Å². The molecule has 2 rings (SSSR count). The van der Waals surface area contributed by atoms with Gasteiger partial charge in [-0.2, -0.15) is 0 Å². The summed E-state index contributed by atoms with van der Waals surface area (Å²) in [6.45, 7) is 0.402. The second-order valence-corrected chi connectivity index (χ2v) is 5.88. The van der Waals surface area contributed by atoms with Gasteiger partial charge in [0.25, 0.3) is 0 Å². The van der Waals surface area contributed by atoms with Crippen LogP contribution < -0.4 is 5.73 Å². The Balaban J connectivity index is 2.18. The van der Waals surface area contributed by atoms with E-state index in [9.17, 15) is 9.18 Å². The van der Waals surface area contributed by atoms with Crippen molar-refractivity contribution < 1.29 is 9.18 Å². The van der Waals surface area contributed by atoms with Crippen LogP contribution in [-0.4, -0.2) is 12.3 Å². The molecule has 2 nitrogen and oxygen atoms in total. The minimum atomic E-state index is -0.369. The number of hydrogen-bond donors (Lipinski definition) is 1. The maximum Gasteiger partial charge on any atom is 0.144 e. The summed E-state index contributed by atoms with van der Waals surface area (Å²) in [7, 11) is 0. The van der Waals surface area contributed by atoms with Crippen LogP contribution in [0.2, 0.25) is 0 Å². The SMILES string of the molecule is NCC1(C(=O)Cc2cc(F)ccc2Br)CCCC1. The van der Waals surface area contributed by atoms with Crippen LogP contribution >= 0.6 is 15.9 Å². The second-order valence-electron chi connectivity index (χ2n) is 5.03. The molecule has 2 N–H and O–H groups in total. The Morgan fingerprint density at radius 1 is 1.39 bits per heavy atom. The standard InChI is InChI=1S/C14H17BrFNO/c15-12-4-3-11(16)7-10(12)8-13(18)14(9-17)5-1-2-6-14/h3-4,7H,1-2,5-6,8-9,17H2. The Hall–Kier alpha value is -0.740. The molecule has 0 atom stereocenters. The van der Waals surface area contributed by atoms with Crippen molar-refractivity contribution in [3.63, 3.8) is 0 Å². The fraction of sp³-hybridized carbons (Fsp3) is 0.500. The molecule has 4 heteroatoms. The number of rotatable bonds is 4. The Bertz CT molecular complexity index is 455. The zero-order chi connectivity index (χ0) is 13.2. The van der Waals surface area contributed by atoms with E-state index in [0.29, 0.717) is 12.1 Å². The summed E-state index contributed by atoms with van der Waals surface area (Å²) in [5.41, 5.74) is 6.12. The molecular formula is C14H17BrFNO. The largest absolute Gasteiger partial charge is 0.329 e. The molecule has 0 heterocycles. The Labute approximate surface area is 115 Å². The maximum atomic E-state index is 13.2. The van der Waals surface area contributed by atoms with Gasteiger partial charge < -0.3 is 5.73 Å². The van der Waals surface area contributed by atoms with E-state index in [1.165, 1.54) is 12.1 Å². The number of halogens is 2. The first-order chi connectivity index (χ1) is 8.57. The third kappa shape index (κ3) is 2.64. The zero-order valence-electron chi connectivity index (χ0n) is 10.2. The molecule has 0 spiro atoms. The van der Waals surface area contributed by atoms with E-state index in [4.69, 9.17) is 5.73 Å². The molecule has 0 amide bonds. The van der Waals surface area contributed by atoms with Crippen molar-refractivity contribution in [1.82, 2.24) is 0 Å². The van der Waals surface area contributed by atoms with Gasteiger partial charge in [0.1, 0.15) is 11.6 Å². The summed E-state index contributed by atoms with van der Waals surface area (Å²) in [6, 6.07) is 4.44. The monoisotopic (exact) mass is 313 g/mol. The van der Waals surface area contributed by atoms with Crippen molar-refractivity contribution in [3.8, 4) is 0 Å². The van der Waals surface area contributed by atoms with Gasteiger partial charge in [-0.15, -0.1) is 0 Å². The molecule has 1 aliphatic rings. The highest BCUT2D eigenvalue weighted by atomic mass is 79.9. The molecule has 0 aliphatic heterocycles. The van der Waals surface area contributed by atoms with Gasteiger partial charge in [0.15, 0.2) is 0 Å². The second kappa shape index (κ2) is 5.49. The van der Waals surface area contributed by atoms with E-state index in [1.54, 1.807) is 6.07 Å². The first kappa shape index (κ1) is 13.7. The average Bonchev–Trinajstić information content (AvgIpc) is 2.84. The van der Waals surface area contributed by atoms with Crippen LogP contribution in [0.1, 0.15) is 31.2 Å². The van der Waals surface area contributed by atoms with Crippen LogP contribution in [0, 0.1) is 11.2 Å². The van der Waals surface area contributed by atoms with Gasteiger partial charge in [0.2, 0.25) is 0 Å². The average molecular weight is 314 g/mol. The number of hydrogen-bond acceptors (Lipinski definition) is 2. The van der Waals surface area contributed by atoms with Gasteiger partial charge in [-0.1, -0.05) is 28.8 Å². The zero-order valence-corrected chi connectivity index (χ0v) is 11.8. The molecule has 1 fully saturated rings. The Morgan fingerprint density at radius 3 is 2.67 bits per heavy atom. The van der Waals surface area contributed by atoms with Crippen LogP contribution in [0.5, 0.6) is 0 Å². The number of nitrogens with two attached hydrogens (primary N) is 1. The normalized spacial score (nSPS) is 17.9. The molecule has 98 valence electrons. The van der Waals surface area contributed by atoms with Crippen molar-refractivity contribution in [2.45, 2.75) is 32.1 Å². The van der Waals surface area contributed by atoms with E-state index in [2.05, 4.69) is 15.9 Å². The molecule has 1 aliphatic carbocycles. The van der Waals surface area contributed by atoms with Crippen LogP contribution in [0.3, 0.4) is 0 Å². The highest BCUT2D eigenvalue weighted by Gasteiger charge is 2.39. The quantitative estimate of drug-likeness (QED) is 0.927. The predicted molar refractivity (Wildman–Crippen MR) is 72.8 cm³/mol. The number of ketones is 1. The van der Waals surface area contributed by atoms with Gasteiger partial charge >= 0.3 is 0 Å². The van der Waals surface area contributed by atoms with Crippen molar-refractivity contribution in [2.24, 2.45) is 11.1 Å². The lowest BCUT2D eigenvalue weighted by Gasteiger charge is -2.25. The first-order valence-electron chi connectivity index (χ1n) is 6.25. The summed E-state index contributed by atoms with van der Waals surface area (Å²) in [5.74, 6) is -0.164. The Morgan fingerprint density at radius 2 is 2.06 bits per heavy atom. The summed E-state index contributed by atoms with van der Waals surface area (Å²) in [6.07, 6.45) is 4.13.